The van der Waals surface area contributed by atoms with E-state index in [-0.39, 0.29) is 5.91 Å². The van der Waals surface area contributed by atoms with E-state index in [1.165, 1.54) is 18.4 Å². The number of amides is 1. The normalized spacial score (nSPS) is 24.5. The van der Waals surface area contributed by atoms with Gasteiger partial charge in [0.05, 0.1) is 0 Å². The SMILES string of the molecule is CC1CCN(C(=O)c2cc(C3CCCN3C)ccn2)CC1. The summed E-state index contributed by atoms with van der Waals surface area (Å²) in [5, 5.41) is 0. The number of piperidine rings is 1. The zero-order valence-electron chi connectivity index (χ0n) is 13.1. The van der Waals surface area contributed by atoms with Crippen LogP contribution in [0.4, 0.5) is 0 Å². The van der Waals surface area contributed by atoms with Gasteiger partial charge in [0.15, 0.2) is 0 Å². The van der Waals surface area contributed by atoms with Gasteiger partial charge < -0.3 is 4.90 Å². The molecule has 1 unspecified atom stereocenters. The minimum Gasteiger partial charge on any atom is -0.337 e. The van der Waals surface area contributed by atoms with E-state index in [9.17, 15) is 4.79 Å². The number of rotatable bonds is 2. The first-order valence-electron chi connectivity index (χ1n) is 8.10. The van der Waals surface area contributed by atoms with Crippen molar-refractivity contribution in [2.45, 2.75) is 38.6 Å². The second-order valence-corrected chi connectivity index (χ2v) is 6.59. The van der Waals surface area contributed by atoms with Crippen LogP contribution in [0.5, 0.6) is 0 Å². The average molecular weight is 287 g/mol. The standard InChI is InChI=1S/C17H25N3O/c1-13-6-10-20(11-7-13)17(21)15-12-14(5-8-18-15)16-4-3-9-19(16)2/h5,8,12-13,16H,3-4,6-7,9-11H2,1-2H3. The average Bonchev–Trinajstić information content (AvgIpc) is 2.94. The third-order valence-corrected chi connectivity index (χ3v) is 4.98. The summed E-state index contributed by atoms with van der Waals surface area (Å²) in [4.78, 5) is 21.3. The van der Waals surface area contributed by atoms with Crippen molar-refractivity contribution in [3.05, 3.63) is 29.6 Å². The Hall–Kier alpha value is -1.42. The summed E-state index contributed by atoms with van der Waals surface area (Å²) in [6, 6.07) is 4.51. The van der Waals surface area contributed by atoms with Crippen molar-refractivity contribution in [1.29, 1.82) is 0 Å². The fraction of sp³-hybridized carbons (Fsp3) is 0.647. The molecular weight excluding hydrogens is 262 g/mol. The Bertz CT molecular complexity index is 509. The third kappa shape index (κ3) is 3.10. The molecule has 3 rings (SSSR count). The highest BCUT2D eigenvalue weighted by molar-refractivity contribution is 5.92. The minimum atomic E-state index is 0.101. The molecule has 4 nitrogen and oxygen atoms in total. The molecule has 0 spiro atoms. The van der Waals surface area contributed by atoms with E-state index in [0.717, 1.165) is 38.4 Å². The molecule has 1 atom stereocenters. The number of hydrogen-bond acceptors (Lipinski definition) is 3. The molecule has 1 aromatic rings. The van der Waals surface area contributed by atoms with Gasteiger partial charge in [-0.05, 0) is 62.9 Å². The molecule has 1 aromatic heterocycles. The summed E-state index contributed by atoms with van der Waals surface area (Å²) in [7, 11) is 2.16. The molecule has 0 N–H and O–H groups in total. The van der Waals surface area contributed by atoms with Gasteiger partial charge in [-0.1, -0.05) is 6.92 Å². The fourth-order valence-corrected chi connectivity index (χ4v) is 3.48. The van der Waals surface area contributed by atoms with E-state index in [2.05, 4.69) is 29.9 Å². The zero-order chi connectivity index (χ0) is 14.8. The summed E-state index contributed by atoms with van der Waals surface area (Å²) in [5.41, 5.74) is 1.85. The van der Waals surface area contributed by atoms with Gasteiger partial charge in [-0.15, -0.1) is 0 Å². The molecule has 4 heteroatoms. The van der Waals surface area contributed by atoms with Crippen LogP contribution in [0.3, 0.4) is 0 Å². The van der Waals surface area contributed by atoms with E-state index < -0.39 is 0 Å². The van der Waals surface area contributed by atoms with Gasteiger partial charge in [0, 0.05) is 25.3 Å². The molecule has 2 fully saturated rings. The molecule has 0 saturated carbocycles. The number of carbonyl (C=O) groups is 1. The predicted octanol–water partition coefficient (Wildman–Crippen LogP) is 2.72. The van der Waals surface area contributed by atoms with Crippen molar-refractivity contribution in [2.24, 2.45) is 5.92 Å². The van der Waals surface area contributed by atoms with E-state index in [4.69, 9.17) is 0 Å². The molecule has 0 bridgehead atoms. The van der Waals surface area contributed by atoms with Crippen molar-refractivity contribution < 1.29 is 4.79 Å². The molecule has 2 saturated heterocycles. The summed E-state index contributed by atoms with van der Waals surface area (Å²) < 4.78 is 0. The van der Waals surface area contributed by atoms with Crippen LogP contribution in [0, 0.1) is 5.92 Å². The maximum Gasteiger partial charge on any atom is 0.272 e. The Morgan fingerprint density at radius 3 is 2.67 bits per heavy atom. The molecular formula is C17H25N3O. The van der Waals surface area contributed by atoms with Crippen LogP contribution in [0.1, 0.15) is 54.7 Å². The first kappa shape index (κ1) is 14.5. The first-order valence-corrected chi connectivity index (χ1v) is 8.10. The quantitative estimate of drug-likeness (QED) is 0.839. The topological polar surface area (TPSA) is 36.4 Å². The molecule has 2 aliphatic heterocycles. The Labute approximate surface area is 127 Å². The first-order chi connectivity index (χ1) is 10.1. The smallest absolute Gasteiger partial charge is 0.272 e. The monoisotopic (exact) mass is 287 g/mol. The second kappa shape index (κ2) is 6.14. The number of aromatic nitrogens is 1. The zero-order valence-corrected chi connectivity index (χ0v) is 13.1. The van der Waals surface area contributed by atoms with Crippen molar-refractivity contribution in [3.8, 4) is 0 Å². The fourth-order valence-electron chi connectivity index (χ4n) is 3.48. The van der Waals surface area contributed by atoms with Crippen molar-refractivity contribution in [1.82, 2.24) is 14.8 Å². The molecule has 114 valence electrons. The summed E-state index contributed by atoms with van der Waals surface area (Å²) >= 11 is 0. The molecule has 0 radical (unpaired) electrons. The second-order valence-electron chi connectivity index (χ2n) is 6.59. The van der Waals surface area contributed by atoms with E-state index in [1.807, 2.05) is 11.0 Å². The highest BCUT2D eigenvalue weighted by atomic mass is 16.2. The minimum absolute atomic E-state index is 0.101. The lowest BCUT2D eigenvalue weighted by Gasteiger charge is -2.30. The molecule has 2 aliphatic rings. The number of likely N-dealkylation sites (tertiary alicyclic amines) is 2. The Morgan fingerprint density at radius 2 is 2.00 bits per heavy atom. The lowest BCUT2D eigenvalue weighted by molar-refractivity contribution is 0.0691. The summed E-state index contributed by atoms with van der Waals surface area (Å²) in [5.74, 6) is 0.838. The van der Waals surface area contributed by atoms with E-state index in [1.54, 1.807) is 6.20 Å². The summed E-state index contributed by atoms with van der Waals surface area (Å²) in [6.45, 7) is 5.14. The number of nitrogens with zero attached hydrogens (tertiary/aromatic N) is 3. The highest BCUT2D eigenvalue weighted by Crippen LogP contribution is 2.30. The van der Waals surface area contributed by atoms with Crippen LogP contribution >= 0.6 is 0 Å². The molecule has 0 aliphatic carbocycles. The van der Waals surface area contributed by atoms with Crippen molar-refractivity contribution >= 4 is 5.91 Å². The Balaban J connectivity index is 1.74. The summed E-state index contributed by atoms with van der Waals surface area (Å²) in [6.07, 6.45) is 6.42. The number of carbonyl (C=O) groups excluding carboxylic acids is 1. The molecule has 1 amide bonds. The predicted molar refractivity (Wildman–Crippen MR) is 83.1 cm³/mol. The van der Waals surface area contributed by atoms with Crippen molar-refractivity contribution in [2.75, 3.05) is 26.7 Å². The van der Waals surface area contributed by atoms with Crippen LogP contribution in [-0.4, -0.2) is 47.4 Å². The van der Waals surface area contributed by atoms with Gasteiger partial charge in [-0.3, -0.25) is 14.7 Å². The maximum absolute atomic E-state index is 12.6. The van der Waals surface area contributed by atoms with Gasteiger partial charge in [-0.2, -0.15) is 0 Å². The Morgan fingerprint density at radius 1 is 1.24 bits per heavy atom. The molecule has 3 heterocycles. The molecule has 21 heavy (non-hydrogen) atoms. The number of hydrogen-bond donors (Lipinski definition) is 0. The van der Waals surface area contributed by atoms with Gasteiger partial charge in [0.2, 0.25) is 0 Å². The maximum atomic E-state index is 12.6. The van der Waals surface area contributed by atoms with Gasteiger partial charge in [0.1, 0.15) is 5.69 Å². The van der Waals surface area contributed by atoms with Crippen LogP contribution in [0.2, 0.25) is 0 Å². The van der Waals surface area contributed by atoms with Crippen LogP contribution < -0.4 is 0 Å². The van der Waals surface area contributed by atoms with Crippen LogP contribution in [0.25, 0.3) is 0 Å². The van der Waals surface area contributed by atoms with Crippen LogP contribution in [-0.2, 0) is 0 Å². The van der Waals surface area contributed by atoms with Gasteiger partial charge >= 0.3 is 0 Å². The van der Waals surface area contributed by atoms with Crippen molar-refractivity contribution in [3.63, 3.8) is 0 Å². The van der Waals surface area contributed by atoms with Gasteiger partial charge in [0.25, 0.3) is 5.91 Å². The Kier molecular flexibility index (Phi) is 4.24. The van der Waals surface area contributed by atoms with Crippen LogP contribution in [0.15, 0.2) is 18.3 Å². The lowest BCUT2D eigenvalue weighted by Crippen LogP contribution is -2.38. The highest BCUT2D eigenvalue weighted by Gasteiger charge is 2.25. The number of pyridine rings is 1. The third-order valence-electron chi connectivity index (χ3n) is 4.98. The van der Waals surface area contributed by atoms with E-state index >= 15 is 0 Å². The van der Waals surface area contributed by atoms with Gasteiger partial charge in [-0.25, -0.2) is 0 Å². The van der Waals surface area contributed by atoms with E-state index in [0.29, 0.717) is 11.7 Å². The lowest BCUT2D eigenvalue weighted by atomic mass is 9.98. The largest absolute Gasteiger partial charge is 0.337 e. The molecule has 0 aromatic carbocycles.